The van der Waals surface area contributed by atoms with Gasteiger partial charge in [-0.3, -0.25) is 9.59 Å². The fraction of sp³-hybridized carbons (Fsp3) is 0.267. The summed E-state index contributed by atoms with van der Waals surface area (Å²) < 4.78 is 26.8. The van der Waals surface area contributed by atoms with Crippen molar-refractivity contribution in [3.63, 3.8) is 0 Å². The summed E-state index contributed by atoms with van der Waals surface area (Å²) >= 11 is 6.70. The molecule has 26 heavy (non-hydrogen) atoms. The molecule has 0 amide bonds. The topological polar surface area (TPSA) is 134 Å². The first-order chi connectivity index (χ1) is 12.2. The minimum Gasteiger partial charge on any atom is -0.481 e. The lowest BCUT2D eigenvalue weighted by Gasteiger charge is -2.13. The van der Waals surface area contributed by atoms with Crippen molar-refractivity contribution in [2.24, 2.45) is 0 Å². The van der Waals surface area contributed by atoms with E-state index in [2.05, 4.69) is 9.71 Å². The maximum atomic E-state index is 12.4. The summed E-state index contributed by atoms with van der Waals surface area (Å²) in [7, 11) is -4.10. The van der Waals surface area contributed by atoms with Crippen LogP contribution in [0.4, 0.5) is 0 Å². The van der Waals surface area contributed by atoms with Crippen LogP contribution in [-0.2, 0) is 19.6 Å². The fourth-order valence-corrected chi connectivity index (χ4v) is 4.55. The molecule has 8 nitrogen and oxygen atoms in total. The summed E-state index contributed by atoms with van der Waals surface area (Å²) in [6.45, 7) is 0. The molecule has 140 valence electrons. The molecular formula is C15H15ClN2O6S2. The predicted octanol–water partition coefficient (Wildman–Crippen LogP) is 2.45. The second-order valence-corrected chi connectivity index (χ2v) is 8.70. The van der Waals surface area contributed by atoms with Crippen LogP contribution in [-0.4, -0.2) is 41.6 Å². The van der Waals surface area contributed by atoms with Gasteiger partial charge in [-0.2, -0.15) is 4.72 Å². The molecule has 0 fully saturated rings. The monoisotopic (exact) mass is 418 g/mol. The van der Waals surface area contributed by atoms with Gasteiger partial charge in [-0.25, -0.2) is 13.4 Å². The Labute approximate surface area is 158 Å². The van der Waals surface area contributed by atoms with Crippen molar-refractivity contribution in [3.8, 4) is 10.6 Å². The molecule has 0 aliphatic rings. The average molecular weight is 419 g/mol. The van der Waals surface area contributed by atoms with E-state index in [0.717, 1.165) is 17.5 Å². The van der Waals surface area contributed by atoms with Crippen molar-refractivity contribution >= 4 is 44.9 Å². The smallest absolute Gasteiger partial charge is 0.321 e. The van der Waals surface area contributed by atoms with Crippen LogP contribution in [0.25, 0.3) is 10.6 Å². The summed E-state index contributed by atoms with van der Waals surface area (Å²) in [6.07, 6.45) is 0.803. The third-order valence-corrected chi connectivity index (χ3v) is 6.55. The van der Waals surface area contributed by atoms with Crippen LogP contribution in [0.2, 0.25) is 5.02 Å². The molecule has 0 unspecified atom stereocenters. The van der Waals surface area contributed by atoms with Crippen molar-refractivity contribution in [3.05, 3.63) is 35.5 Å². The van der Waals surface area contributed by atoms with E-state index >= 15 is 0 Å². The van der Waals surface area contributed by atoms with Crippen LogP contribution in [0.5, 0.6) is 0 Å². The number of thiazole rings is 1. The second-order valence-electron chi connectivity index (χ2n) is 5.29. The van der Waals surface area contributed by atoms with Crippen molar-refractivity contribution in [2.75, 3.05) is 0 Å². The number of sulfonamides is 1. The van der Waals surface area contributed by atoms with Gasteiger partial charge in [0.15, 0.2) is 4.21 Å². The van der Waals surface area contributed by atoms with E-state index in [0.29, 0.717) is 15.6 Å². The zero-order valence-electron chi connectivity index (χ0n) is 13.3. The minimum absolute atomic E-state index is 0.0353. The van der Waals surface area contributed by atoms with Gasteiger partial charge in [-0.05, 0) is 25.0 Å². The van der Waals surface area contributed by atoms with Crippen LogP contribution in [0.15, 0.2) is 34.7 Å². The number of hydrogen-bond donors (Lipinski definition) is 3. The molecule has 0 spiro atoms. The lowest BCUT2D eigenvalue weighted by molar-refractivity contribution is -0.140. The molecule has 0 radical (unpaired) electrons. The fourth-order valence-electron chi connectivity index (χ4n) is 2.05. The van der Waals surface area contributed by atoms with E-state index in [1.54, 1.807) is 24.3 Å². The Hall–Kier alpha value is -2.01. The molecule has 1 atom stereocenters. The number of hydrogen-bond acceptors (Lipinski definition) is 6. The highest BCUT2D eigenvalue weighted by Crippen LogP contribution is 2.29. The minimum atomic E-state index is -4.10. The van der Waals surface area contributed by atoms with Gasteiger partial charge in [-0.1, -0.05) is 23.7 Å². The molecule has 0 saturated heterocycles. The number of benzene rings is 1. The van der Waals surface area contributed by atoms with Gasteiger partial charge >= 0.3 is 11.9 Å². The Bertz CT molecular complexity index is 895. The molecule has 0 aliphatic heterocycles. The summed E-state index contributed by atoms with van der Waals surface area (Å²) in [6, 6.07) is 5.26. The van der Waals surface area contributed by atoms with Crippen molar-refractivity contribution < 1.29 is 28.2 Å². The summed E-state index contributed by atoms with van der Waals surface area (Å²) in [5, 5.41) is 18.7. The molecule has 3 N–H and O–H groups in total. The lowest BCUT2D eigenvalue weighted by Crippen LogP contribution is -2.40. The van der Waals surface area contributed by atoms with Crippen molar-refractivity contribution in [1.82, 2.24) is 9.71 Å². The number of nitrogens with zero attached hydrogens (tertiary/aromatic N) is 1. The first-order valence-electron chi connectivity index (χ1n) is 7.38. The average Bonchev–Trinajstić information content (AvgIpc) is 3.05. The van der Waals surface area contributed by atoms with E-state index in [4.69, 9.17) is 21.8 Å². The Morgan fingerprint density at radius 2 is 1.88 bits per heavy atom. The lowest BCUT2D eigenvalue weighted by atomic mass is 10.1. The molecular weight excluding hydrogens is 404 g/mol. The molecule has 1 aromatic heterocycles. The largest absolute Gasteiger partial charge is 0.481 e. The summed E-state index contributed by atoms with van der Waals surface area (Å²) in [5.41, 5.74) is 0.678. The highest BCUT2D eigenvalue weighted by molar-refractivity contribution is 7.91. The van der Waals surface area contributed by atoms with Gasteiger partial charge in [0.1, 0.15) is 11.0 Å². The zero-order valence-corrected chi connectivity index (χ0v) is 15.6. The molecule has 2 rings (SSSR count). The van der Waals surface area contributed by atoms with Crippen LogP contribution >= 0.6 is 22.9 Å². The van der Waals surface area contributed by atoms with Gasteiger partial charge in [0, 0.05) is 17.0 Å². The SMILES string of the molecule is O=C(O)CCC[C@@H](NS(=O)(=O)c1cnc(-c2ccc(Cl)cc2)s1)C(=O)O. The summed E-state index contributed by atoms with van der Waals surface area (Å²) in [5.74, 6) is -2.45. The van der Waals surface area contributed by atoms with E-state index in [1.165, 1.54) is 0 Å². The van der Waals surface area contributed by atoms with Crippen LogP contribution in [0, 0.1) is 0 Å². The third kappa shape index (κ3) is 5.49. The van der Waals surface area contributed by atoms with Gasteiger partial charge in [0.05, 0.1) is 6.20 Å². The first kappa shape index (κ1) is 20.3. The molecule has 2 aromatic rings. The maximum absolute atomic E-state index is 12.4. The van der Waals surface area contributed by atoms with E-state index < -0.39 is 28.0 Å². The third-order valence-electron chi connectivity index (χ3n) is 3.32. The molecule has 0 aliphatic carbocycles. The number of rotatable bonds is 9. The second kappa shape index (κ2) is 8.58. The number of halogens is 1. The van der Waals surface area contributed by atoms with Gasteiger partial charge in [-0.15, -0.1) is 11.3 Å². The number of carboxylic acids is 2. The van der Waals surface area contributed by atoms with Crippen LogP contribution in [0.1, 0.15) is 19.3 Å². The van der Waals surface area contributed by atoms with Crippen LogP contribution < -0.4 is 4.72 Å². The number of carboxylic acid groups (broad SMARTS) is 2. The maximum Gasteiger partial charge on any atom is 0.321 e. The number of aromatic nitrogens is 1. The van der Waals surface area contributed by atoms with E-state index in [9.17, 15) is 18.0 Å². The Balaban J connectivity index is 2.14. The Kier molecular flexibility index (Phi) is 6.70. The number of aliphatic carboxylic acids is 2. The highest BCUT2D eigenvalue weighted by Gasteiger charge is 2.27. The zero-order chi connectivity index (χ0) is 19.3. The van der Waals surface area contributed by atoms with Gasteiger partial charge in [0.25, 0.3) is 10.0 Å². The van der Waals surface area contributed by atoms with E-state index in [1.807, 2.05) is 0 Å². The molecule has 1 heterocycles. The normalized spacial score (nSPS) is 12.7. The van der Waals surface area contributed by atoms with E-state index in [-0.39, 0.29) is 23.5 Å². The predicted molar refractivity (Wildman–Crippen MR) is 95.8 cm³/mol. The Morgan fingerprint density at radius 3 is 2.46 bits per heavy atom. The summed E-state index contributed by atoms with van der Waals surface area (Å²) in [4.78, 5) is 25.8. The van der Waals surface area contributed by atoms with Gasteiger partial charge in [0.2, 0.25) is 0 Å². The molecule has 0 bridgehead atoms. The van der Waals surface area contributed by atoms with Crippen molar-refractivity contribution in [1.29, 1.82) is 0 Å². The molecule has 0 saturated carbocycles. The number of nitrogens with one attached hydrogen (secondary N) is 1. The number of carbonyl (C=O) groups is 2. The standard InChI is InChI=1S/C15H15ClN2O6S2/c16-10-6-4-9(5-7-10)14-17-8-13(25-14)26(23,24)18-11(15(21)22)2-1-3-12(19)20/h4-8,11,18H,1-3H2,(H,19,20)(H,21,22)/t11-/m1/s1. The highest BCUT2D eigenvalue weighted by atomic mass is 35.5. The van der Waals surface area contributed by atoms with Gasteiger partial charge < -0.3 is 10.2 Å². The Morgan fingerprint density at radius 1 is 1.23 bits per heavy atom. The molecule has 1 aromatic carbocycles. The van der Waals surface area contributed by atoms with Crippen molar-refractivity contribution in [2.45, 2.75) is 29.5 Å². The quantitative estimate of drug-likeness (QED) is 0.569. The van der Waals surface area contributed by atoms with Crippen LogP contribution in [0.3, 0.4) is 0 Å². The first-order valence-corrected chi connectivity index (χ1v) is 10.1. The molecule has 11 heteroatoms.